The first-order chi connectivity index (χ1) is 35.5. The van der Waals surface area contributed by atoms with Crippen molar-refractivity contribution >= 4 is 83.4 Å². The summed E-state index contributed by atoms with van der Waals surface area (Å²) in [5, 5.41) is 4.76. The van der Waals surface area contributed by atoms with Crippen LogP contribution in [0.3, 0.4) is 0 Å². The van der Waals surface area contributed by atoms with E-state index in [2.05, 4.69) is 276 Å². The predicted octanol–water partition coefficient (Wildman–Crippen LogP) is 18.7. The zero-order valence-corrected chi connectivity index (χ0v) is 41.4. The summed E-state index contributed by atoms with van der Waals surface area (Å²) in [4.78, 5) is 2.44. The molecular formula is C68H43IN2O. The highest BCUT2D eigenvalue weighted by molar-refractivity contribution is 14.1. The number of hydrogen-bond donors (Lipinski definition) is 0. The van der Waals surface area contributed by atoms with E-state index in [1.54, 1.807) is 0 Å². The standard InChI is InChI=1S/C68H43IN2O/c1-42-38-45(69)40-49(39-42)71-63-25-10-5-18-58(63)66-50(19-13-26-64(66)71)43-28-32-46(33-29-43)70(47-34-30-44(31-35-47)51-20-12-21-57-56-17-6-11-27-65(56)72-67(51)57)48-36-37-55-54-16-4-9-24-61(54)68(62(55)41-48)59-22-7-2-14-52(59)53-15-3-8-23-60(53)68/h2-41H,1H3. The van der Waals surface area contributed by atoms with Crippen molar-refractivity contribution in [1.29, 1.82) is 0 Å². The molecule has 3 nitrogen and oxygen atoms in total. The Morgan fingerprint density at radius 1 is 0.403 bits per heavy atom. The van der Waals surface area contributed by atoms with Crippen molar-refractivity contribution in [2.45, 2.75) is 12.3 Å². The van der Waals surface area contributed by atoms with Crippen LogP contribution >= 0.6 is 22.6 Å². The van der Waals surface area contributed by atoms with Crippen molar-refractivity contribution in [2.24, 2.45) is 0 Å². The minimum atomic E-state index is -0.464. The number of fused-ring (bicyclic) bond motifs is 16. The van der Waals surface area contributed by atoms with Crippen molar-refractivity contribution in [1.82, 2.24) is 4.57 Å². The van der Waals surface area contributed by atoms with Gasteiger partial charge in [-0.2, -0.15) is 0 Å². The highest BCUT2D eigenvalue weighted by Crippen LogP contribution is 2.63. The maximum Gasteiger partial charge on any atom is 0.143 e. The Hall–Kier alpha value is -8.45. The number of halogens is 1. The number of benzene rings is 11. The van der Waals surface area contributed by atoms with Gasteiger partial charge in [-0.25, -0.2) is 0 Å². The van der Waals surface area contributed by atoms with E-state index in [4.69, 9.17) is 4.42 Å². The van der Waals surface area contributed by atoms with Gasteiger partial charge >= 0.3 is 0 Å². The van der Waals surface area contributed by atoms with Crippen LogP contribution in [0.5, 0.6) is 0 Å². The molecule has 338 valence electrons. The van der Waals surface area contributed by atoms with Crippen molar-refractivity contribution in [3.05, 3.63) is 274 Å². The number of nitrogens with zero attached hydrogens (tertiary/aromatic N) is 2. The average Bonchev–Trinajstić information content (AvgIpc) is 4.16. The van der Waals surface area contributed by atoms with Gasteiger partial charge in [-0.15, -0.1) is 0 Å². The molecule has 1 spiro atoms. The van der Waals surface area contributed by atoms with Crippen molar-refractivity contribution in [3.8, 4) is 50.2 Å². The second kappa shape index (κ2) is 15.8. The zero-order valence-electron chi connectivity index (χ0n) is 39.3. The van der Waals surface area contributed by atoms with Gasteiger partial charge in [0.15, 0.2) is 0 Å². The van der Waals surface area contributed by atoms with Gasteiger partial charge in [0.1, 0.15) is 11.2 Å². The number of hydrogen-bond acceptors (Lipinski definition) is 2. The number of aromatic nitrogens is 1. The molecule has 72 heavy (non-hydrogen) atoms. The molecule has 11 aromatic carbocycles. The minimum absolute atomic E-state index is 0.464. The van der Waals surface area contributed by atoms with Gasteiger partial charge in [0, 0.05) is 53.4 Å². The molecule has 0 atom stereocenters. The second-order valence-electron chi connectivity index (χ2n) is 19.4. The highest BCUT2D eigenvalue weighted by atomic mass is 127. The first kappa shape index (κ1) is 41.3. The van der Waals surface area contributed by atoms with E-state index >= 15 is 0 Å². The average molecular weight is 1030 g/mol. The van der Waals surface area contributed by atoms with E-state index < -0.39 is 5.41 Å². The Kier molecular flexibility index (Phi) is 9.06. The van der Waals surface area contributed by atoms with Crippen molar-refractivity contribution in [2.75, 3.05) is 4.90 Å². The quantitative estimate of drug-likeness (QED) is 0.155. The van der Waals surface area contributed by atoms with Crippen LogP contribution in [-0.2, 0) is 5.41 Å². The van der Waals surface area contributed by atoms with Gasteiger partial charge in [-0.1, -0.05) is 170 Å². The first-order valence-corrected chi connectivity index (χ1v) is 25.8. The normalized spacial score (nSPS) is 13.0. The molecule has 2 aliphatic carbocycles. The Bertz CT molecular complexity index is 4280. The molecule has 13 aromatic rings. The van der Waals surface area contributed by atoms with E-state index in [0.717, 1.165) is 50.1 Å². The Morgan fingerprint density at radius 2 is 0.917 bits per heavy atom. The molecule has 2 aliphatic rings. The van der Waals surface area contributed by atoms with E-state index in [9.17, 15) is 0 Å². The Labute approximate surface area is 431 Å². The minimum Gasteiger partial charge on any atom is -0.455 e. The van der Waals surface area contributed by atoms with Crippen LogP contribution in [0.4, 0.5) is 17.1 Å². The summed E-state index contributed by atoms with van der Waals surface area (Å²) in [6, 6.07) is 89.7. The van der Waals surface area contributed by atoms with Gasteiger partial charge in [0.2, 0.25) is 0 Å². The highest BCUT2D eigenvalue weighted by Gasteiger charge is 2.51. The van der Waals surface area contributed by atoms with E-state index in [1.807, 2.05) is 6.07 Å². The number of aryl methyl sites for hydroxylation is 1. The first-order valence-electron chi connectivity index (χ1n) is 24.7. The van der Waals surface area contributed by atoms with Gasteiger partial charge in [0.25, 0.3) is 0 Å². The number of rotatable bonds is 6. The summed E-state index contributed by atoms with van der Waals surface area (Å²) in [6.07, 6.45) is 0. The van der Waals surface area contributed by atoms with Crippen LogP contribution in [-0.4, -0.2) is 4.57 Å². The molecule has 0 amide bonds. The van der Waals surface area contributed by atoms with E-state index in [1.165, 1.54) is 92.3 Å². The largest absolute Gasteiger partial charge is 0.455 e. The molecule has 0 fully saturated rings. The molecule has 0 saturated heterocycles. The number of furan rings is 1. The topological polar surface area (TPSA) is 21.3 Å². The van der Waals surface area contributed by atoms with Crippen molar-refractivity contribution in [3.63, 3.8) is 0 Å². The van der Waals surface area contributed by atoms with Gasteiger partial charge in [-0.05, 0) is 169 Å². The van der Waals surface area contributed by atoms with Gasteiger partial charge in [0.05, 0.1) is 16.4 Å². The maximum absolute atomic E-state index is 6.54. The van der Waals surface area contributed by atoms with Crippen molar-refractivity contribution < 1.29 is 4.42 Å². The lowest BCUT2D eigenvalue weighted by Gasteiger charge is -2.32. The van der Waals surface area contributed by atoms with Crippen LogP contribution < -0.4 is 4.90 Å². The number of anilines is 3. The molecule has 0 aliphatic heterocycles. The fourth-order valence-electron chi connectivity index (χ4n) is 12.6. The summed E-state index contributed by atoms with van der Waals surface area (Å²) in [7, 11) is 0. The molecule has 0 bridgehead atoms. The Balaban J connectivity index is 0.913. The van der Waals surface area contributed by atoms with Crippen LogP contribution in [0, 0.1) is 10.5 Å². The van der Waals surface area contributed by atoms with E-state index in [-0.39, 0.29) is 0 Å². The molecular weight excluding hydrogens is 988 g/mol. The van der Waals surface area contributed by atoms with Gasteiger partial charge in [-0.3, -0.25) is 0 Å². The SMILES string of the molecule is Cc1cc(I)cc(-n2c3ccccc3c3c(-c4ccc(N(c5ccc(-c6cccc7c6oc6ccccc67)cc5)c5ccc6c(c5)C5(c7ccccc7-c7ccccc75)c5ccccc5-6)cc4)cccc32)c1. The fourth-order valence-corrected chi connectivity index (χ4v) is 13.4. The molecule has 0 unspecified atom stereocenters. The molecule has 15 rings (SSSR count). The third kappa shape index (κ3) is 5.90. The number of para-hydroxylation sites is 3. The summed E-state index contributed by atoms with van der Waals surface area (Å²) in [6.45, 7) is 2.18. The summed E-state index contributed by atoms with van der Waals surface area (Å²) in [5.41, 5.74) is 24.5. The monoisotopic (exact) mass is 1030 g/mol. The van der Waals surface area contributed by atoms with Crippen LogP contribution in [0.2, 0.25) is 0 Å². The molecule has 2 aromatic heterocycles. The van der Waals surface area contributed by atoms with E-state index in [0.29, 0.717) is 0 Å². The third-order valence-corrected chi connectivity index (χ3v) is 16.1. The lowest BCUT2D eigenvalue weighted by Crippen LogP contribution is -2.26. The summed E-state index contributed by atoms with van der Waals surface area (Å²) >= 11 is 2.44. The molecule has 0 saturated carbocycles. The third-order valence-electron chi connectivity index (χ3n) is 15.5. The lowest BCUT2D eigenvalue weighted by atomic mass is 9.70. The smallest absolute Gasteiger partial charge is 0.143 e. The zero-order chi connectivity index (χ0) is 47.7. The second-order valence-corrected chi connectivity index (χ2v) is 20.6. The van der Waals surface area contributed by atoms with Crippen LogP contribution in [0.25, 0.3) is 93.9 Å². The molecule has 2 heterocycles. The summed E-state index contributed by atoms with van der Waals surface area (Å²) < 4.78 is 10.2. The maximum atomic E-state index is 6.54. The summed E-state index contributed by atoms with van der Waals surface area (Å²) in [5.74, 6) is 0. The van der Waals surface area contributed by atoms with Crippen LogP contribution in [0.15, 0.2) is 247 Å². The fraction of sp³-hybridized carbons (Fsp3) is 0.0294. The van der Waals surface area contributed by atoms with Crippen LogP contribution in [0.1, 0.15) is 27.8 Å². The molecule has 4 heteroatoms. The molecule has 0 radical (unpaired) electrons. The van der Waals surface area contributed by atoms with Gasteiger partial charge < -0.3 is 13.9 Å². The molecule has 0 N–H and O–H groups in total. The lowest BCUT2D eigenvalue weighted by molar-refractivity contribution is 0.670. The Morgan fingerprint density at radius 3 is 1.60 bits per heavy atom. The predicted molar refractivity (Wildman–Crippen MR) is 307 cm³/mol.